The molecular weight excluding hydrogens is 413 g/mol. The molecule has 0 fully saturated rings. The van der Waals surface area contributed by atoms with E-state index in [1.807, 2.05) is 30.3 Å². The van der Waals surface area contributed by atoms with Crippen LogP contribution < -0.4 is 15.5 Å². The Hall–Kier alpha value is -2.70. The Balaban J connectivity index is 1.84. The third kappa shape index (κ3) is 5.22. The first-order chi connectivity index (χ1) is 14.0. The van der Waals surface area contributed by atoms with Gasteiger partial charge in [0.15, 0.2) is 0 Å². The minimum absolute atomic E-state index is 0.0988. The average molecular weight is 434 g/mol. The van der Waals surface area contributed by atoms with E-state index in [4.69, 9.17) is 38.4 Å². The van der Waals surface area contributed by atoms with Gasteiger partial charge in [-0.3, -0.25) is 4.79 Å². The number of rotatable bonds is 7. The normalized spacial score (nSPS) is 16.1. The first-order valence-electron chi connectivity index (χ1n) is 9.20. The monoisotopic (exact) mass is 433 g/mol. The van der Waals surface area contributed by atoms with Gasteiger partial charge in [0.2, 0.25) is 5.88 Å². The van der Waals surface area contributed by atoms with Crippen molar-refractivity contribution in [2.45, 2.75) is 19.8 Å². The molecule has 0 aromatic heterocycles. The molecule has 1 atom stereocenters. The van der Waals surface area contributed by atoms with Gasteiger partial charge in [0, 0.05) is 6.07 Å². The van der Waals surface area contributed by atoms with Gasteiger partial charge >= 0.3 is 5.97 Å². The topological polar surface area (TPSA) is 77.1 Å². The van der Waals surface area contributed by atoms with Crippen LogP contribution in [0.2, 0.25) is 10.0 Å². The van der Waals surface area contributed by atoms with Crippen molar-refractivity contribution < 1.29 is 14.3 Å². The molecule has 8 heteroatoms. The Morgan fingerprint density at radius 2 is 1.93 bits per heavy atom. The zero-order valence-corrected chi connectivity index (χ0v) is 17.4. The average Bonchev–Trinajstić information content (AvgIpc) is 2.72. The Labute approximate surface area is 179 Å². The van der Waals surface area contributed by atoms with E-state index in [-0.39, 0.29) is 16.6 Å². The highest BCUT2D eigenvalue weighted by Gasteiger charge is 2.31. The number of amidine groups is 1. The highest BCUT2D eigenvalue weighted by Crippen LogP contribution is 2.29. The van der Waals surface area contributed by atoms with Gasteiger partial charge in [0.1, 0.15) is 17.5 Å². The maximum Gasteiger partial charge on any atom is 0.326 e. The van der Waals surface area contributed by atoms with E-state index in [1.165, 1.54) is 6.07 Å². The lowest BCUT2D eigenvalue weighted by molar-refractivity contribution is -0.135. The number of hydrogen-bond acceptors (Lipinski definition) is 6. The molecule has 1 heterocycles. The summed E-state index contributed by atoms with van der Waals surface area (Å²) >= 11 is 11.9. The molecule has 2 aromatic carbocycles. The van der Waals surface area contributed by atoms with Crippen molar-refractivity contribution in [2.75, 3.05) is 11.6 Å². The van der Waals surface area contributed by atoms with E-state index < -0.39 is 11.9 Å². The van der Waals surface area contributed by atoms with Crippen molar-refractivity contribution in [1.29, 1.82) is 0 Å². The Kier molecular flexibility index (Phi) is 7.01. The lowest BCUT2D eigenvalue weighted by atomic mass is 10.1. The molecule has 0 saturated heterocycles. The summed E-state index contributed by atoms with van der Waals surface area (Å²) in [5.41, 5.74) is 6.87. The molecule has 0 saturated carbocycles. The molecule has 2 aromatic rings. The zero-order valence-electron chi connectivity index (χ0n) is 15.8. The number of para-hydroxylation sites is 1. The van der Waals surface area contributed by atoms with Crippen LogP contribution in [-0.4, -0.2) is 18.4 Å². The number of carbonyl (C=O) groups is 1. The fourth-order valence-corrected chi connectivity index (χ4v) is 2.91. The van der Waals surface area contributed by atoms with Crippen molar-refractivity contribution in [2.24, 2.45) is 16.8 Å². The second-order valence-corrected chi connectivity index (χ2v) is 7.17. The third-order valence-corrected chi connectivity index (χ3v) is 4.90. The van der Waals surface area contributed by atoms with Gasteiger partial charge in [0.05, 0.1) is 22.3 Å². The van der Waals surface area contributed by atoms with Gasteiger partial charge in [-0.05, 0) is 36.8 Å². The summed E-state index contributed by atoms with van der Waals surface area (Å²) in [7, 11) is 0. The molecule has 1 aliphatic heterocycles. The third-order valence-electron chi connectivity index (χ3n) is 4.16. The van der Waals surface area contributed by atoms with Crippen LogP contribution in [0.15, 0.2) is 65.6 Å². The first kappa shape index (κ1) is 21.0. The van der Waals surface area contributed by atoms with Crippen LogP contribution in [0.4, 0.5) is 5.69 Å². The van der Waals surface area contributed by atoms with Crippen LogP contribution in [0.3, 0.4) is 0 Å². The molecule has 0 bridgehead atoms. The summed E-state index contributed by atoms with van der Waals surface area (Å²) in [5.74, 6) is -0.684. The van der Waals surface area contributed by atoms with E-state index in [1.54, 1.807) is 23.2 Å². The number of hydrogen-bond donors (Lipinski definition) is 1. The van der Waals surface area contributed by atoms with Crippen LogP contribution >= 0.6 is 23.2 Å². The van der Waals surface area contributed by atoms with Gasteiger partial charge in [0.25, 0.3) is 0 Å². The largest absolute Gasteiger partial charge is 0.478 e. The summed E-state index contributed by atoms with van der Waals surface area (Å²) in [6, 6.07) is 14.0. The lowest BCUT2D eigenvalue weighted by Crippen LogP contribution is -2.39. The van der Waals surface area contributed by atoms with Crippen LogP contribution in [0.5, 0.6) is 5.75 Å². The van der Waals surface area contributed by atoms with Gasteiger partial charge in [-0.15, -0.1) is 0 Å². The second-order valence-electron chi connectivity index (χ2n) is 6.35. The molecule has 0 aliphatic carbocycles. The Bertz CT molecular complexity index is 932. The predicted molar refractivity (Wildman–Crippen MR) is 115 cm³/mol. The number of ether oxygens (including phenoxy) is 2. The number of carbonyl (C=O) groups excluding carboxylic acids is 1. The molecule has 0 spiro atoms. The molecular formula is C21H21Cl2N3O3. The van der Waals surface area contributed by atoms with Gasteiger partial charge < -0.3 is 15.2 Å². The minimum Gasteiger partial charge on any atom is -0.478 e. The quantitative estimate of drug-likeness (QED) is 0.379. The van der Waals surface area contributed by atoms with E-state index in [0.29, 0.717) is 17.5 Å². The number of unbranched alkanes of at least 4 members (excludes halogenated alkanes) is 1. The molecule has 6 nitrogen and oxygen atoms in total. The van der Waals surface area contributed by atoms with Gasteiger partial charge in [-0.1, -0.05) is 54.7 Å². The number of esters is 1. The Morgan fingerprint density at radius 3 is 2.62 bits per heavy atom. The summed E-state index contributed by atoms with van der Waals surface area (Å²) in [4.78, 5) is 12.7. The maximum absolute atomic E-state index is 12.7. The number of nitrogens with zero attached hydrogens (tertiary/aromatic N) is 2. The molecule has 2 N–H and O–H groups in total. The fourth-order valence-electron chi connectivity index (χ4n) is 2.62. The summed E-state index contributed by atoms with van der Waals surface area (Å²) in [5, 5.41) is 6.61. The lowest BCUT2D eigenvalue weighted by Gasteiger charge is -2.28. The fraction of sp³-hybridized carbons (Fsp3) is 0.238. The van der Waals surface area contributed by atoms with E-state index in [0.717, 1.165) is 18.5 Å². The number of anilines is 1. The smallest absolute Gasteiger partial charge is 0.326 e. The summed E-state index contributed by atoms with van der Waals surface area (Å²) in [6.45, 7) is 2.57. The number of hydrazone groups is 1. The summed E-state index contributed by atoms with van der Waals surface area (Å²) in [6.07, 6.45) is 3.47. The minimum atomic E-state index is -0.888. The van der Waals surface area contributed by atoms with Gasteiger partial charge in [-0.2, -0.15) is 10.1 Å². The van der Waals surface area contributed by atoms with Gasteiger partial charge in [-0.25, -0.2) is 0 Å². The molecule has 0 amide bonds. The maximum atomic E-state index is 12.7. The van der Waals surface area contributed by atoms with E-state index in [2.05, 4.69) is 12.0 Å². The molecule has 1 aliphatic rings. The highest BCUT2D eigenvalue weighted by molar-refractivity contribution is 6.42. The highest BCUT2D eigenvalue weighted by atomic mass is 35.5. The standard InChI is InChI=1S/C21H21Cl2N3O3/c1-2-3-11-28-19-13-16(20(24)25-26(19)14-7-5-4-6-8-14)21(27)29-15-9-10-17(22)18(23)12-15/h4-10,12-13,16H,2-3,11H2,1H3,(H2,24,25). The van der Waals surface area contributed by atoms with Crippen molar-refractivity contribution in [1.82, 2.24) is 0 Å². The van der Waals surface area contributed by atoms with E-state index >= 15 is 0 Å². The van der Waals surface area contributed by atoms with Crippen molar-refractivity contribution in [3.8, 4) is 5.75 Å². The zero-order chi connectivity index (χ0) is 20.8. The number of benzene rings is 2. The van der Waals surface area contributed by atoms with Crippen molar-refractivity contribution >= 4 is 40.7 Å². The molecule has 29 heavy (non-hydrogen) atoms. The molecule has 1 unspecified atom stereocenters. The van der Waals surface area contributed by atoms with Crippen LogP contribution in [0, 0.1) is 5.92 Å². The van der Waals surface area contributed by atoms with Crippen LogP contribution in [0.1, 0.15) is 19.8 Å². The Morgan fingerprint density at radius 1 is 1.17 bits per heavy atom. The van der Waals surface area contributed by atoms with Crippen LogP contribution in [0.25, 0.3) is 0 Å². The molecule has 0 radical (unpaired) electrons. The van der Waals surface area contributed by atoms with E-state index in [9.17, 15) is 4.79 Å². The van der Waals surface area contributed by atoms with Crippen LogP contribution in [-0.2, 0) is 9.53 Å². The van der Waals surface area contributed by atoms with Crippen molar-refractivity contribution in [3.05, 3.63) is 70.5 Å². The SMILES string of the molecule is CCCCOC1=CC(C(=O)Oc2ccc(Cl)c(Cl)c2)C(N)=NN1c1ccccc1. The number of nitrogens with two attached hydrogens (primary N) is 1. The predicted octanol–water partition coefficient (Wildman–Crippen LogP) is 4.97. The molecule has 3 rings (SSSR count). The number of halogens is 2. The summed E-state index contributed by atoms with van der Waals surface area (Å²) < 4.78 is 11.3. The van der Waals surface area contributed by atoms with Crippen molar-refractivity contribution in [3.63, 3.8) is 0 Å². The first-order valence-corrected chi connectivity index (χ1v) is 9.95. The molecule has 152 valence electrons. The second kappa shape index (κ2) is 9.67.